The maximum Gasteiger partial charge on any atom is 0.129 e. The number of H-pyrrole nitrogens is 1. The molecule has 2 aromatic heterocycles. The summed E-state index contributed by atoms with van der Waals surface area (Å²) in [5, 5.41) is 9.51. The van der Waals surface area contributed by atoms with Crippen molar-refractivity contribution in [2.24, 2.45) is 0 Å². The molecular formula is C15H16N4OS. The molecule has 0 bridgehead atoms. The van der Waals surface area contributed by atoms with E-state index in [1.807, 2.05) is 43.5 Å². The molecule has 1 aromatic carbocycles. The largest absolute Gasteiger partial charge is 0.491 e. The fourth-order valence-electron chi connectivity index (χ4n) is 1.97. The highest BCUT2D eigenvalue weighted by atomic mass is 32.1. The summed E-state index contributed by atoms with van der Waals surface area (Å²) in [6.07, 6.45) is 1.86. The Morgan fingerprint density at radius 3 is 2.62 bits per heavy atom. The van der Waals surface area contributed by atoms with Crippen molar-refractivity contribution in [2.45, 2.75) is 20.0 Å². The number of aromatic nitrogens is 3. The van der Waals surface area contributed by atoms with Gasteiger partial charge in [0.2, 0.25) is 0 Å². The number of thiazole rings is 1. The molecule has 3 aromatic rings. The van der Waals surface area contributed by atoms with Crippen LogP contribution in [0.15, 0.2) is 35.8 Å². The Hall–Kier alpha value is -2.34. The highest BCUT2D eigenvalue weighted by Gasteiger charge is 2.11. The van der Waals surface area contributed by atoms with Gasteiger partial charge in [0, 0.05) is 10.9 Å². The van der Waals surface area contributed by atoms with Crippen LogP contribution in [0.1, 0.15) is 13.8 Å². The third-order valence-electron chi connectivity index (χ3n) is 2.93. The molecule has 0 aliphatic carbocycles. The van der Waals surface area contributed by atoms with Crippen LogP contribution in [-0.4, -0.2) is 21.3 Å². The summed E-state index contributed by atoms with van der Waals surface area (Å²) in [7, 11) is 0. The van der Waals surface area contributed by atoms with Crippen LogP contribution in [-0.2, 0) is 0 Å². The number of nitrogens with two attached hydrogens (primary N) is 1. The van der Waals surface area contributed by atoms with Crippen molar-refractivity contribution in [1.29, 1.82) is 0 Å². The topological polar surface area (TPSA) is 76.8 Å². The van der Waals surface area contributed by atoms with Gasteiger partial charge in [0.1, 0.15) is 16.6 Å². The first-order valence-electron chi connectivity index (χ1n) is 6.65. The van der Waals surface area contributed by atoms with Gasteiger partial charge in [0.05, 0.1) is 23.6 Å². The van der Waals surface area contributed by atoms with Crippen molar-refractivity contribution >= 4 is 17.2 Å². The van der Waals surface area contributed by atoms with E-state index in [4.69, 9.17) is 10.5 Å². The van der Waals surface area contributed by atoms with Crippen LogP contribution in [0.25, 0.3) is 21.8 Å². The lowest BCUT2D eigenvalue weighted by atomic mass is 10.2. The fourth-order valence-corrected chi connectivity index (χ4v) is 2.83. The van der Waals surface area contributed by atoms with Gasteiger partial charge in [-0.15, -0.1) is 11.3 Å². The normalized spacial score (nSPS) is 11.0. The standard InChI is InChI=1S/C15H16N4OS/c1-9(2)20-11-5-3-10(4-6-11)13-8-21-15(18-13)12-7-17-19-14(12)16/h3-9H,1-2H3,(H3,16,17,19). The van der Waals surface area contributed by atoms with Crippen molar-refractivity contribution in [3.63, 3.8) is 0 Å². The van der Waals surface area contributed by atoms with Gasteiger partial charge in [-0.3, -0.25) is 5.10 Å². The molecule has 0 aliphatic heterocycles. The summed E-state index contributed by atoms with van der Waals surface area (Å²) in [5.41, 5.74) is 8.63. The number of hydrogen-bond acceptors (Lipinski definition) is 5. The molecule has 0 amide bonds. The smallest absolute Gasteiger partial charge is 0.129 e. The Bertz CT molecular complexity index is 730. The molecule has 0 saturated carbocycles. The van der Waals surface area contributed by atoms with Crippen LogP contribution < -0.4 is 10.5 Å². The molecule has 0 fully saturated rings. The first-order valence-corrected chi connectivity index (χ1v) is 7.53. The summed E-state index contributed by atoms with van der Waals surface area (Å²) in [4.78, 5) is 4.61. The average molecular weight is 300 g/mol. The Labute approximate surface area is 126 Å². The number of anilines is 1. The molecule has 6 heteroatoms. The van der Waals surface area contributed by atoms with Crippen LogP contribution >= 0.6 is 11.3 Å². The molecule has 0 unspecified atom stereocenters. The van der Waals surface area contributed by atoms with E-state index in [0.717, 1.165) is 27.6 Å². The third kappa shape index (κ3) is 2.90. The molecule has 3 N–H and O–H groups in total. The molecule has 0 saturated heterocycles. The summed E-state index contributed by atoms with van der Waals surface area (Å²) >= 11 is 1.55. The average Bonchev–Trinajstić information content (AvgIpc) is 3.07. The maximum absolute atomic E-state index is 5.82. The number of nitrogen functional groups attached to an aromatic ring is 1. The second-order valence-electron chi connectivity index (χ2n) is 4.93. The van der Waals surface area contributed by atoms with Crippen LogP contribution in [0.3, 0.4) is 0 Å². The molecule has 0 atom stereocenters. The van der Waals surface area contributed by atoms with Gasteiger partial charge in [-0.25, -0.2) is 4.98 Å². The monoisotopic (exact) mass is 300 g/mol. The van der Waals surface area contributed by atoms with Crippen LogP contribution in [0.2, 0.25) is 0 Å². The number of aromatic amines is 1. The van der Waals surface area contributed by atoms with E-state index in [9.17, 15) is 0 Å². The number of benzene rings is 1. The lowest BCUT2D eigenvalue weighted by molar-refractivity contribution is 0.242. The second-order valence-corrected chi connectivity index (χ2v) is 5.78. The Balaban J connectivity index is 1.85. The molecule has 0 radical (unpaired) electrons. The Kier molecular flexibility index (Phi) is 3.62. The van der Waals surface area contributed by atoms with Gasteiger partial charge in [0.15, 0.2) is 0 Å². The number of rotatable bonds is 4. The molecule has 21 heavy (non-hydrogen) atoms. The van der Waals surface area contributed by atoms with E-state index in [1.54, 1.807) is 17.5 Å². The summed E-state index contributed by atoms with van der Waals surface area (Å²) in [5.74, 6) is 1.40. The minimum Gasteiger partial charge on any atom is -0.491 e. The zero-order valence-electron chi connectivity index (χ0n) is 11.8. The highest BCUT2D eigenvalue weighted by molar-refractivity contribution is 7.13. The predicted octanol–water partition coefficient (Wildman–Crippen LogP) is 3.57. The van der Waals surface area contributed by atoms with Crippen molar-refractivity contribution < 1.29 is 4.74 Å². The van der Waals surface area contributed by atoms with Crippen molar-refractivity contribution in [1.82, 2.24) is 15.2 Å². The fraction of sp³-hybridized carbons (Fsp3) is 0.200. The molecule has 0 aliphatic rings. The first-order chi connectivity index (χ1) is 10.1. The SMILES string of the molecule is CC(C)Oc1ccc(-c2csc(-c3cn[nH]c3N)n2)cc1. The lowest BCUT2D eigenvalue weighted by Gasteiger charge is -2.09. The maximum atomic E-state index is 5.82. The van der Waals surface area contributed by atoms with Gasteiger partial charge >= 0.3 is 0 Å². The molecule has 5 nitrogen and oxygen atoms in total. The van der Waals surface area contributed by atoms with E-state index in [-0.39, 0.29) is 6.10 Å². The molecule has 2 heterocycles. The minimum atomic E-state index is 0.172. The molecule has 108 valence electrons. The Morgan fingerprint density at radius 1 is 1.24 bits per heavy atom. The summed E-state index contributed by atoms with van der Waals surface area (Å²) in [6.45, 7) is 4.02. The van der Waals surface area contributed by atoms with Gasteiger partial charge in [-0.1, -0.05) is 0 Å². The first kappa shape index (κ1) is 13.6. The van der Waals surface area contributed by atoms with E-state index >= 15 is 0 Å². The number of nitrogens with one attached hydrogen (secondary N) is 1. The van der Waals surface area contributed by atoms with Crippen molar-refractivity contribution in [3.8, 4) is 27.6 Å². The van der Waals surface area contributed by atoms with Crippen LogP contribution in [0.5, 0.6) is 5.75 Å². The summed E-state index contributed by atoms with van der Waals surface area (Å²) < 4.78 is 5.64. The summed E-state index contributed by atoms with van der Waals surface area (Å²) in [6, 6.07) is 7.94. The van der Waals surface area contributed by atoms with E-state index in [1.165, 1.54) is 0 Å². The quantitative estimate of drug-likeness (QED) is 0.772. The lowest BCUT2D eigenvalue weighted by Crippen LogP contribution is -2.05. The van der Waals surface area contributed by atoms with Gasteiger partial charge in [-0.05, 0) is 38.1 Å². The van der Waals surface area contributed by atoms with Gasteiger partial charge in [0.25, 0.3) is 0 Å². The third-order valence-corrected chi connectivity index (χ3v) is 3.80. The zero-order valence-corrected chi connectivity index (χ0v) is 12.6. The Morgan fingerprint density at radius 2 is 2.00 bits per heavy atom. The van der Waals surface area contributed by atoms with Crippen LogP contribution in [0.4, 0.5) is 5.82 Å². The van der Waals surface area contributed by atoms with Gasteiger partial charge in [-0.2, -0.15) is 5.10 Å². The second kappa shape index (κ2) is 5.57. The highest BCUT2D eigenvalue weighted by Crippen LogP contribution is 2.31. The van der Waals surface area contributed by atoms with E-state index < -0.39 is 0 Å². The number of hydrogen-bond donors (Lipinski definition) is 2. The molecular weight excluding hydrogens is 284 g/mol. The van der Waals surface area contributed by atoms with Gasteiger partial charge < -0.3 is 10.5 Å². The van der Waals surface area contributed by atoms with E-state index in [2.05, 4.69) is 15.2 Å². The zero-order chi connectivity index (χ0) is 14.8. The van der Waals surface area contributed by atoms with Crippen LogP contribution in [0, 0.1) is 0 Å². The molecule has 3 rings (SSSR count). The predicted molar refractivity (Wildman–Crippen MR) is 85.3 cm³/mol. The number of ether oxygens (including phenoxy) is 1. The minimum absolute atomic E-state index is 0.172. The molecule has 0 spiro atoms. The van der Waals surface area contributed by atoms with Crippen molar-refractivity contribution in [3.05, 3.63) is 35.8 Å². The van der Waals surface area contributed by atoms with E-state index in [0.29, 0.717) is 5.82 Å². The number of nitrogens with zero attached hydrogens (tertiary/aromatic N) is 2. The van der Waals surface area contributed by atoms with Crippen molar-refractivity contribution in [2.75, 3.05) is 5.73 Å².